The van der Waals surface area contributed by atoms with Gasteiger partial charge in [-0.05, 0) is 19.3 Å². The predicted octanol–water partition coefficient (Wildman–Crippen LogP) is 7.40. The number of carbonyl (C=O) groups is 1. The van der Waals surface area contributed by atoms with Crippen LogP contribution >= 0.6 is 0 Å². The van der Waals surface area contributed by atoms with E-state index in [2.05, 4.69) is 6.92 Å². The minimum Gasteiger partial charge on any atom is -0.383 e. The normalized spacial score (nSPS) is 15.2. The third-order valence-corrected chi connectivity index (χ3v) is 6.53. The number of aliphatic hydroxyl groups is 1. The summed E-state index contributed by atoms with van der Waals surface area (Å²) in [4.78, 5) is 13.9. The van der Waals surface area contributed by atoms with Gasteiger partial charge in [-0.2, -0.15) is 0 Å². The van der Waals surface area contributed by atoms with Gasteiger partial charge in [0.2, 0.25) is 0 Å². The number of amides is 1. The van der Waals surface area contributed by atoms with Crippen molar-refractivity contribution in [3.05, 3.63) is 0 Å². The van der Waals surface area contributed by atoms with E-state index >= 15 is 0 Å². The van der Waals surface area contributed by atoms with E-state index in [1.54, 1.807) is 0 Å². The van der Waals surface area contributed by atoms with E-state index in [9.17, 15) is 9.90 Å². The number of likely N-dealkylation sites (tertiary alicyclic amines) is 1. The van der Waals surface area contributed by atoms with Crippen LogP contribution in [0, 0.1) is 0 Å². The van der Waals surface area contributed by atoms with Crippen molar-refractivity contribution in [2.45, 2.75) is 148 Å². The zero-order valence-electron chi connectivity index (χ0n) is 19.6. The number of unbranched alkanes of at least 4 members (excludes halogenated alkanes) is 17. The Labute approximate surface area is 182 Å². The summed E-state index contributed by atoms with van der Waals surface area (Å²) >= 11 is 0. The first-order valence-corrected chi connectivity index (χ1v) is 13.2. The van der Waals surface area contributed by atoms with Crippen molar-refractivity contribution in [1.82, 2.24) is 4.90 Å². The van der Waals surface area contributed by atoms with Crippen LogP contribution in [0.4, 0.5) is 0 Å². The molecule has 1 unspecified atom stereocenters. The molecule has 1 N–H and O–H groups in total. The van der Waals surface area contributed by atoms with Crippen molar-refractivity contribution in [2.75, 3.05) is 13.1 Å². The molecule has 3 nitrogen and oxygen atoms in total. The van der Waals surface area contributed by atoms with Gasteiger partial charge in [0.1, 0.15) is 6.10 Å². The van der Waals surface area contributed by atoms with Crippen molar-refractivity contribution in [3.63, 3.8) is 0 Å². The van der Waals surface area contributed by atoms with Crippen molar-refractivity contribution >= 4 is 5.91 Å². The molecule has 0 bridgehead atoms. The van der Waals surface area contributed by atoms with E-state index in [1.807, 2.05) is 4.90 Å². The zero-order valence-corrected chi connectivity index (χ0v) is 19.6. The molecule has 29 heavy (non-hydrogen) atoms. The monoisotopic (exact) mass is 409 g/mol. The molecule has 0 aliphatic carbocycles. The lowest BCUT2D eigenvalue weighted by Gasteiger charge is -2.19. The Balaban J connectivity index is 1.73. The lowest BCUT2D eigenvalue weighted by molar-refractivity contribution is -0.139. The Hall–Kier alpha value is -0.570. The topological polar surface area (TPSA) is 40.5 Å². The maximum absolute atomic E-state index is 12.0. The van der Waals surface area contributed by atoms with Crippen LogP contribution in [0.3, 0.4) is 0 Å². The molecule has 1 aliphatic rings. The summed E-state index contributed by atoms with van der Waals surface area (Å²) in [6.45, 7) is 3.97. The van der Waals surface area contributed by atoms with E-state index in [4.69, 9.17) is 0 Å². The number of hydrogen-bond donors (Lipinski definition) is 1. The van der Waals surface area contributed by atoms with Crippen LogP contribution in [0.2, 0.25) is 0 Å². The third kappa shape index (κ3) is 15.0. The highest BCUT2D eigenvalue weighted by atomic mass is 16.3. The SMILES string of the molecule is CCCCCCCCCCCCCCCCCCCCC(O)C(=O)N1CCCC1. The van der Waals surface area contributed by atoms with E-state index < -0.39 is 6.10 Å². The molecule has 0 aromatic rings. The molecule has 0 radical (unpaired) electrons. The highest BCUT2D eigenvalue weighted by Gasteiger charge is 2.23. The Kier molecular flexibility index (Phi) is 17.7. The first kappa shape index (κ1) is 26.5. The minimum atomic E-state index is -0.755. The summed E-state index contributed by atoms with van der Waals surface area (Å²) in [5, 5.41) is 10.0. The molecule has 1 fully saturated rings. The van der Waals surface area contributed by atoms with Crippen LogP contribution < -0.4 is 0 Å². The van der Waals surface area contributed by atoms with Crippen molar-refractivity contribution in [3.8, 4) is 0 Å². The quantitative estimate of drug-likeness (QED) is 0.213. The third-order valence-electron chi connectivity index (χ3n) is 6.53. The highest BCUT2D eigenvalue weighted by molar-refractivity contribution is 5.80. The molecule has 172 valence electrons. The van der Waals surface area contributed by atoms with Crippen LogP contribution in [0.1, 0.15) is 142 Å². The van der Waals surface area contributed by atoms with E-state index in [0.29, 0.717) is 6.42 Å². The molecule has 3 heteroatoms. The van der Waals surface area contributed by atoms with Gasteiger partial charge in [0.25, 0.3) is 5.91 Å². The molecule has 0 aromatic carbocycles. The fourth-order valence-electron chi connectivity index (χ4n) is 4.51. The lowest BCUT2D eigenvalue weighted by Crippen LogP contribution is -2.37. The standard InChI is InChI=1S/C26H51NO2/c1-2-3-4-5-6-7-8-9-10-11-12-13-14-15-16-17-18-19-22-25(28)26(29)27-23-20-21-24-27/h25,28H,2-24H2,1H3. The van der Waals surface area contributed by atoms with Gasteiger partial charge in [0, 0.05) is 13.1 Å². The lowest BCUT2D eigenvalue weighted by atomic mass is 10.0. The van der Waals surface area contributed by atoms with Gasteiger partial charge in [-0.15, -0.1) is 0 Å². The fourth-order valence-corrected chi connectivity index (χ4v) is 4.51. The molecule has 0 aromatic heterocycles. The first-order valence-electron chi connectivity index (χ1n) is 13.2. The molecular weight excluding hydrogens is 358 g/mol. The molecule has 1 heterocycles. The average molecular weight is 410 g/mol. The number of rotatable bonds is 20. The molecule has 1 amide bonds. The zero-order chi connectivity index (χ0) is 21.0. The smallest absolute Gasteiger partial charge is 0.251 e. The van der Waals surface area contributed by atoms with E-state index in [0.717, 1.165) is 38.8 Å². The molecule has 1 atom stereocenters. The Morgan fingerprint density at radius 1 is 0.655 bits per heavy atom. The summed E-state index contributed by atoms with van der Waals surface area (Å²) < 4.78 is 0. The Bertz CT molecular complexity index is 366. The van der Waals surface area contributed by atoms with Crippen LogP contribution in [0.15, 0.2) is 0 Å². The van der Waals surface area contributed by atoms with Crippen LogP contribution in [-0.4, -0.2) is 35.1 Å². The second-order valence-corrected chi connectivity index (χ2v) is 9.35. The Morgan fingerprint density at radius 2 is 1.00 bits per heavy atom. The summed E-state index contributed by atoms with van der Waals surface area (Å²) in [6.07, 6.45) is 26.7. The van der Waals surface area contributed by atoms with Gasteiger partial charge in [0.15, 0.2) is 0 Å². The number of nitrogens with zero attached hydrogens (tertiary/aromatic N) is 1. The molecule has 0 spiro atoms. The second kappa shape index (κ2) is 19.4. The van der Waals surface area contributed by atoms with Crippen molar-refractivity contribution in [2.24, 2.45) is 0 Å². The number of hydrogen-bond acceptors (Lipinski definition) is 2. The van der Waals surface area contributed by atoms with Crippen LogP contribution in [0.5, 0.6) is 0 Å². The highest BCUT2D eigenvalue weighted by Crippen LogP contribution is 2.16. The molecule has 1 saturated heterocycles. The largest absolute Gasteiger partial charge is 0.383 e. The first-order chi connectivity index (χ1) is 14.3. The minimum absolute atomic E-state index is 0.0329. The van der Waals surface area contributed by atoms with Gasteiger partial charge < -0.3 is 10.0 Å². The van der Waals surface area contributed by atoms with Gasteiger partial charge in [-0.1, -0.05) is 122 Å². The summed E-state index contributed by atoms with van der Waals surface area (Å²) in [6, 6.07) is 0. The van der Waals surface area contributed by atoms with E-state index in [-0.39, 0.29) is 5.91 Å². The second-order valence-electron chi connectivity index (χ2n) is 9.35. The Morgan fingerprint density at radius 3 is 1.38 bits per heavy atom. The summed E-state index contributed by atoms with van der Waals surface area (Å²) in [5.41, 5.74) is 0. The number of aliphatic hydroxyl groups excluding tert-OH is 1. The van der Waals surface area contributed by atoms with Gasteiger partial charge >= 0.3 is 0 Å². The summed E-state index contributed by atoms with van der Waals surface area (Å²) in [7, 11) is 0. The fraction of sp³-hybridized carbons (Fsp3) is 0.962. The van der Waals surface area contributed by atoms with E-state index in [1.165, 1.54) is 103 Å². The average Bonchev–Trinajstić information content (AvgIpc) is 3.27. The van der Waals surface area contributed by atoms with Crippen molar-refractivity contribution in [1.29, 1.82) is 0 Å². The summed E-state index contributed by atoms with van der Waals surface area (Å²) in [5.74, 6) is -0.0329. The van der Waals surface area contributed by atoms with Gasteiger partial charge in [-0.25, -0.2) is 0 Å². The van der Waals surface area contributed by atoms with Crippen molar-refractivity contribution < 1.29 is 9.90 Å². The van der Waals surface area contributed by atoms with Crippen LogP contribution in [0.25, 0.3) is 0 Å². The van der Waals surface area contributed by atoms with Gasteiger partial charge in [0.05, 0.1) is 0 Å². The predicted molar refractivity (Wildman–Crippen MR) is 125 cm³/mol. The molecule has 1 aliphatic heterocycles. The van der Waals surface area contributed by atoms with Crippen LogP contribution in [-0.2, 0) is 4.79 Å². The molecule has 0 saturated carbocycles. The molecular formula is C26H51NO2. The van der Waals surface area contributed by atoms with Gasteiger partial charge in [-0.3, -0.25) is 4.79 Å². The number of carbonyl (C=O) groups excluding carboxylic acids is 1. The maximum atomic E-state index is 12.0. The molecule has 1 rings (SSSR count). The maximum Gasteiger partial charge on any atom is 0.251 e.